The lowest BCUT2D eigenvalue weighted by Gasteiger charge is -2.32. The number of hydrogen-bond donors (Lipinski definition) is 3. The van der Waals surface area contributed by atoms with Crippen LogP contribution in [0.1, 0.15) is 53.9 Å². The summed E-state index contributed by atoms with van der Waals surface area (Å²) in [6.45, 7) is 10.3. The van der Waals surface area contributed by atoms with Gasteiger partial charge in [0.2, 0.25) is 0 Å². The van der Waals surface area contributed by atoms with E-state index in [0.717, 1.165) is 25.2 Å². The van der Waals surface area contributed by atoms with Crippen LogP contribution in [-0.4, -0.2) is 65.1 Å². The highest BCUT2D eigenvalue weighted by Crippen LogP contribution is 2.40. The van der Waals surface area contributed by atoms with Crippen LogP contribution in [0.5, 0.6) is 0 Å². The molecule has 0 radical (unpaired) electrons. The van der Waals surface area contributed by atoms with Gasteiger partial charge in [-0.1, -0.05) is 55.4 Å². The Morgan fingerprint density at radius 1 is 1.06 bits per heavy atom. The number of carbonyl (C=O) groups excluding carboxylic acids is 3. The normalized spacial score (nSPS) is 20.5. The van der Waals surface area contributed by atoms with Crippen LogP contribution in [0.3, 0.4) is 0 Å². The first-order chi connectivity index (χ1) is 16.3. The second-order valence-electron chi connectivity index (χ2n) is 9.41. The molecule has 0 unspecified atom stereocenters. The lowest BCUT2D eigenvalue weighted by atomic mass is 9.72. The largest absolute Gasteiger partial charge is 0.467 e. The second kappa shape index (κ2) is 13.9. The van der Waals surface area contributed by atoms with Gasteiger partial charge in [0.15, 0.2) is 18.5 Å². The maximum atomic E-state index is 12.1. The molecule has 4 atom stereocenters. The summed E-state index contributed by atoms with van der Waals surface area (Å²) in [6.07, 6.45) is 6.27. The van der Waals surface area contributed by atoms with Gasteiger partial charge in [0.25, 0.3) is 0 Å². The number of aliphatic hydroxyl groups is 3. The zero-order chi connectivity index (χ0) is 26.8. The molecule has 8 nitrogen and oxygen atoms in total. The number of aldehydes is 1. The Hall–Kier alpha value is -2.81. The molecule has 0 spiro atoms. The van der Waals surface area contributed by atoms with E-state index in [9.17, 15) is 29.7 Å². The zero-order valence-electron chi connectivity index (χ0n) is 21.4. The summed E-state index contributed by atoms with van der Waals surface area (Å²) in [7, 11) is 0.978. The standard InChI is InChI=1S/C27H38O8/c1-17(12-13-20-19(3)11-8-14-27(20,4)5)9-7-10-18(2)15-22(29)35-21(16-28)23(30)24(31)25(32)26(33)34-6/h7,9-10,12-13,15-16,21,23-25,30-32H,8,11,14H2,1-6H3/b10-7+,13-12+,17-9+,18-15+/t21-,23+,24-,25-/m0/s1. The summed E-state index contributed by atoms with van der Waals surface area (Å²) in [5.41, 5.74) is 4.50. The van der Waals surface area contributed by atoms with Crippen molar-refractivity contribution in [2.45, 2.75) is 78.3 Å². The summed E-state index contributed by atoms with van der Waals surface area (Å²) in [6, 6.07) is 0. The maximum absolute atomic E-state index is 12.1. The van der Waals surface area contributed by atoms with Crippen molar-refractivity contribution in [3.05, 3.63) is 58.7 Å². The predicted molar refractivity (Wildman–Crippen MR) is 132 cm³/mol. The van der Waals surface area contributed by atoms with Gasteiger partial charge in [-0.25, -0.2) is 9.59 Å². The lowest BCUT2D eigenvalue weighted by molar-refractivity contribution is -0.173. The number of ether oxygens (including phenoxy) is 2. The number of aliphatic hydroxyl groups excluding tert-OH is 3. The van der Waals surface area contributed by atoms with Gasteiger partial charge < -0.3 is 24.8 Å². The summed E-state index contributed by atoms with van der Waals surface area (Å²) in [5, 5.41) is 29.4. The molecule has 0 heterocycles. The highest BCUT2D eigenvalue weighted by atomic mass is 16.6. The molecular weight excluding hydrogens is 452 g/mol. The topological polar surface area (TPSA) is 130 Å². The molecule has 1 rings (SSSR count). The van der Waals surface area contributed by atoms with Crippen molar-refractivity contribution in [1.29, 1.82) is 0 Å². The Bertz CT molecular complexity index is 919. The van der Waals surface area contributed by atoms with E-state index in [1.807, 2.05) is 13.0 Å². The highest BCUT2D eigenvalue weighted by Gasteiger charge is 2.37. The molecule has 0 bridgehead atoms. The van der Waals surface area contributed by atoms with Crippen LogP contribution < -0.4 is 0 Å². The zero-order valence-corrected chi connectivity index (χ0v) is 21.4. The van der Waals surface area contributed by atoms with Crippen molar-refractivity contribution in [1.82, 2.24) is 0 Å². The monoisotopic (exact) mass is 490 g/mol. The molecule has 8 heteroatoms. The number of rotatable bonds is 11. The Balaban J connectivity index is 2.77. The van der Waals surface area contributed by atoms with Gasteiger partial charge in [-0.15, -0.1) is 0 Å². The van der Waals surface area contributed by atoms with Crippen molar-refractivity contribution in [2.24, 2.45) is 5.41 Å². The number of allylic oxidation sites excluding steroid dienone is 9. The van der Waals surface area contributed by atoms with E-state index in [4.69, 9.17) is 4.74 Å². The Kier molecular flexibility index (Phi) is 12.0. The maximum Gasteiger partial charge on any atom is 0.337 e. The van der Waals surface area contributed by atoms with Gasteiger partial charge in [-0.05, 0) is 56.6 Å². The van der Waals surface area contributed by atoms with E-state index >= 15 is 0 Å². The van der Waals surface area contributed by atoms with Gasteiger partial charge in [0, 0.05) is 6.08 Å². The number of esters is 2. The molecule has 0 saturated heterocycles. The SMILES string of the molecule is COC(=O)[C@@H](O)[C@@H](O)[C@H](O)[C@H](C=O)OC(=O)/C=C(C)/C=C/C=C(C)/C=C/C1=C(C)CCCC1(C)C. The van der Waals surface area contributed by atoms with Gasteiger partial charge in [0.05, 0.1) is 7.11 Å². The van der Waals surface area contributed by atoms with E-state index in [2.05, 4.69) is 37.7 Å². The molecule has 0 amide bonds. The number of methoxy groups -OCH3 is 1. The number of carbonyl (C=O) groups is 3. The van der Waals surface area contributed by atoms with E-state index < -0.39 is 36.4 Å². The molecule has 194 valence electrons. The fraction of sp³-hybridized carbons (Fsp3) is 0.519. The van der Waals surface area contributed by atoms with Crippen LogP contribution in [0.2, 0.25) is 0 Å². The Morgan fingerprint density at radius 2 is 1.71 bits per heavy atom. The minimum Gasteiger partial charge on any atom is -0.467 e. The first-order valence-corrected chi connectivity index (χ1v) is 11.5. The molecule has 1 aliphatic rings. The molecule has 3 N–H and O–H groups in total. The summed E-state index contributed by atoms with van der Waals surface area (Å²) in [5.74, 6) is -2.15. The van der Waals surface area contributed by atoms with Crippen molar-refractivity contribution >= 4 is 18.2 Å². The Morgan fingerprint density at radius 3 is 2.29 bits per heavy atom. The molecular formula is C27H38O8. The molecule has 0 fully saturated rings. The van der Waals surface area contributed by atoms with E-state index in [1.165, 1.54) is 24.0 Å². The molecule has 1 aliphatic carbocycles. The average Bonchev–Trinajstić information content (AvgIpc) is 2.79. The molecule has 0 aliphatic heterocycles. The average molecular weight is 491 g/mol. The fourth-order valence-corrected chi connectivity index (χ4v) is 3.85. The van der Waals surface area contributed by atoms with Crippen LogP contribution in [0.4, 0.5) is 0 Å². The van der Waals surface area contributed by atoms with Crippen LogP contribution in [0.25, 0.3) is 0 Å². The lowest BCUT2D eigenvalue weighted by Crippen LogP contribution is -2.49. The van der Waals surface area contributed by atoms with Crippen molar-refractivity contribution in [3.63, 3.8) is 0 Å². The highest BCUT2D eigenvalue weighted by molar-refractivity contribution is 5.85. The third kappa shape index (κ3) is 9.39. The van der Waals surface area contributed by atoms with Gasteiger partial charge >= 0.3 is 11.9 Å². The third-order valence-electron chi connectivity index (χ3n) is 5.96. The fourth-order valence-electron chi connectivity index (χ4n) is 3.85. The van der Waals surface area contributed by atoms with Gasteiger partial charge in [0.1, 0.15) is 12.2 Å². The van der Waals surface area contributed by atoms with Crippen molar-refractivity contribution < 1.29 is 39.2 Å². The Labute approximate surface area is 207 Å². The quantitative estimate of drug-likeness (QED) is 0.174. The van der Waals surface area contributed by atoms with Crippen LogP contribution in [0, 0.1) is 5.41 Å². The van der Waals surface area contributed by atoms with E-state index in [0.29, 0.717) is 5.57 Å². The molecule has 0 aromatic heterocycles. The first-order valence-electron chi connectivity index (χ1n) is 11.5. The molecule has 0 aromatic rings. The summed E-state index contributed by atoms with van der Waals surface area (Å²) < 4.78 is 9.12. The van der Waals surface area contributed by atoms with Crippen LogP contribution >= 0.6 is 0 Å². The molecule has 0 saturated carbocycles. The predicted octanol–water partition coefficient (Wildman–Crippen LogP) is 2.88. The number of hydrogen-bond acceptors (Lipinski definition) is 8. The minimum absolute atomic E-state index is 0.0952. The third-order valence-corrected chi connectivity index (χ3v) is 5.96. The van der Waals surface area contributed by atoms with Crippen molar-refractivity contribution in [3.8, 4) is 0 Å². The summed E-state index contributed by atoms with van der Waals surface area (Å²) >= 11 is 0. The minimum atomic E-state index is -2.11. The van der Waals surface area contributed by atoms with Gasteiger partial charge in [-0.3, -0.25) is 4.79 Å². The van der Waals surface area contributed by atoms with E-state index in [-0.39, 0.29) is 11.7 Å². The summed E-state index contributed by atoms with van der Waals surface area (Å²) in [4.78, 5) is 34.6. The molecule has 0 aromatic carbocycles. The van der Waals surface area contributed by atoms with Crippen LogP contribution in [-0.2, 0) is 23.9 Å². The second-order valence-corrected chi connectivity index (χ2v) is 9.41. The molecule has 35 heavy (non-hydrogen) atoms. The smallest absolute Gasteiger partial charge is 0.337 e. The van der Waals surface area contributed by atoms with Crippen molar-refractivity contribution in [2.75, 3.05) is 7.11 Å². The van der Waals surface area contributed by atoms with E-state index in [1.54, 1.807) is 19.1 Å². The van der Waals surface area contributed by atoms with Crippen LogP contribution in [0.15, 0.2) is 58.7 Å². The van der Waals surface area contributed by atoms with Gasteiger partial charge in [-0.2, -0.15) is 0 Å². The first kappa shape index (κ1) is 30.2.